The second-order valence-electron chi connectivity index (χ2n) is 9.85. The van der Waals surface area contributed by atoms with Gasteiger partial charge in [-0.3, -0.25) is 4.11 Å². The maximum absolute atomic E-state index is 18.0. The Bertz CT molecular complexity index is 1310. The van der Waals surface area contributed by atoms with E-state index in [1.165, 1.54) is 27.7 Å². The molecule has 1 aliphatic heterocycles. The van der Waals surface area contributed by atoms with Crippen molar-refractivity contribution in [2.45, 2.75) is 41.5 Å². The molecule has 0 atom stereocenters. The summed E-state index contributed by atoms with van der Waals surface area (Å²) in [6.45, 7) is 12.8. The van der Waals surface area contributed by atoms with Crippen LogP contribution in [0.3, 0.4) is 0 Å². The molecule has 0 bridgehead atoms. The van der Waals surface area contributed by atoms with Crippen molar-refractivity contribution in [3.8, 4) is 0 Å². The van der Waals surface area contributed by atoms with Crippen molar-refractivity contribution in [3.63, 3.8) is 0 Å². The summed E-state index contributed by atoms with van der Waals surface area (Å²) in [5.74, 6) is 0. The van der Waals surface area contributed by atoms with Gasteiger partial charge in [-0.25, -0.2) is 0 Å². The van der Waals surface area contributed by atoms with Gasteiger partial charge in [0, 0.05) is 0 Å². The number of halogens is 1. The minimum absolute atomic E-state index is 0.0421. The molecule has 0 amide bonds. The predicted molar refractivity (Wildman–Crippen MR) is 145 cm³/mol. The molecule has 0 aromatic heterocycles. The highest BCUT2D eigenvalue weighted by Gasteiger charge is 2.51. The van der Waals surface area contributed by atoms with Gasteiger partial charge < -0.3 is 0 Å². The zero-order chi connectivity index (χ0) is 23.5. The van der Waals surface area contributed by atoms with Crippen molar-refractivity contribution in [2.75, 3.05) is 0 Å². The van der Waals surface area contributed by atoms with Gasteiger partial charge in [-0.15, -0.1) is 0 Å². The second kappa shape index (κ2) is 7.85. The molecule has 3 heteroatoms. The molecular weight excluding hydrogens is 418 g/mol. The van der Waals surface area contributed by atoms with Crippen molar-refractivity contribution in [1.82, 2.24) is 0 Å². The molecule has 0 nitrogen and oxygen atoms in total. The van der Waals surface area contributed by atoms with Crippen LogP contribution in [0, 0.1) is 41.5 Å². The molecule has 0 fully saturated rings. The fourth-order valence-corrected chi connectivity index (χ4v) is 10.4. The molecule has 1 heterocycles. The summed E-state index contributed by atoms with van der Waals surface area (Å²) in [5.41, 5.74) is 10.7. The van der Waals surface area contributed by atoms with E-state index in [0.717, 1.165) is 37.6 Å². The van der Waals surface area contributed by atoms with Gasteiger partial charge >= 0.3 is 8.41 Å². The topological polar surface area (TPSA) is 0 Å². The van der Waals surface area contributed by atoms with E-state index < -0.39 is 8.41 Å². The number of aryl methyl sites for hydroxylation is 6. The molecule has 4 aromatic carbocycles. The van der Waals surface area contributed by atoms with Crippen molar-refractivity contribution >= 4 is 47.1 Å². The van der Waals surface area contributed by atoms with Crippen LogP contribution in [0.15, 0.2) is 72.8 Å². The molecule has 0 radical (unpaired) electrons. The minimum Gasteiger partial charge on any atom is -0.296 e. The Kier molecular flexibility index (Phi) is 5.21. The zero-order valence-corrected chi connectivity index (χ0v) is 21.4. The quantitative estimate of drug-likeness (QED) is 0.326. The Morgan fingerprint density at radius 2 is 0.970 bits per heavy atom. The number of hydrogen-bond donors (Lipinski definition) is 0. The first kappa shape index (κ1) is 21.9. The molecule has 0 spiro atoms. The van der Waals surface area contributed by atoms with E-state index in [1.807, 2.05) is 12.1 Å². The molecule has 0 saturated carbocycles. The zero-order valence-electron chi connectivity index (χ0n) is 20.4. The SMILES string of the molecule is Cc1cc(C)c(B2c3ccccc3[Si](F)(c3c(C)cc(C)cc3C)c3ccccc32)c(C)c1. The third-order valence-corrected chi connectivity index (χ3v) is 11.2. The summed E-state index contributed by atoms with van der Waals surface area (Å²) >= 11 is 0. The smallest absolute Gasteiger partial charge is 0.296 e. The van der Waals surface area contributed by atoms with Crippen LogP contribution in [0.2, 0.25) is 0 Å². The highest BCUT2D eigenvalue weighted by Crippen LogP contribution is 2.19. The molecule has 0 saturated heterocycles. The lowest BCUT2D eigenvalue weighted by molar-refractivity contribution is 0.841. The van der Waals surface area contributed by atoms with Crippen LogP contribution < -0.4 is 31.9 Å². The van der Waals surface area contributed by atoms with Gasteiger partial charge in [-0.1, -0.05) is 111 Å². The fraction of sp³-hybridized carbons (Fsp3) is 0.200. The molecular formula is C30H30BFSi. The second-order valence-corrected chi connectivity index (χ2v) is 12.7. The molecule has 0 N–H and O–H groups in total. The Morgan fingerprint density at radius 1 is 0.576 bits per heavy atom. The molecule has 4 aromatic rings. The van der Waals surface area contributed by atoms with Gasteiger partial charge in [0.25, 0.3) is 0 Å². The van der Waals surface area contributed by atoms with Crippen LogP contribution in [0.1, 0.15) is 33.4 Å². The molecule has 164 valence electrons. The molecule has 1 aliphatic rings. The van der Waals surface area contributed by atoms with E-state index in [1.54, 1.807) is 0 Å². The van der Waals surface area contributed by atoms with Crippen molar-refractivity contribution in [2.24, 2.45) is 0 Å². The monoisotopic (exact) mass is 448 g/mol. The maximum Gasteiger partial charge on any atom is 0.338 e. The third-order valence-electron chi connectivity index (χ3n) is 7.33. The third kappa shape index (κ3) is 3.25. The van der Waals surface area contributed by atoms with Crippen LogP contribution in [0.5, 0.6) is 0 Å². The van der Waals surface area contributed by atoms with Gasteiger partial charge in [-0.2, -0.15) is 0 Å². The lowest BCUT2D eigenvalue weighted by Crippen LogP contribution is -2.81. The molecule has 0 aliphatic carbocycles. The highest BCUT2D eigenvalue weighted by molar-refractivity contribution is 7.17. The van der Waals surface area contributed by atoms with Crippen molar-refractivity contribution in [1.29, 1.82) is 0 Å². The Labute approximate surface area is 198 Å². The Hall–Kier alpha value is -2.91. The van der Waals surface area contributed by atoms with E-state index in [-0.39, 0.29) is 6.71 Å². The van der Waals surface area contributed by atoms with Gasteiger partial charge in [0.15, 0.2) is 0 Å². The highest BCUT2D eigenvalue weighted by atomic mass is 28.4. The summed E-state index contributed by atoms with van der Waals surface area (Å²) in [7, 11) is -3.69. The molecule has 5 rings (SSSR count). The lowest BCUT2D eigenvalue weighted by Gasteiger charge is -2.38. The van der Waals surface area contributed by atoms with Crippen molar-refractivity contribution in [3.05, 3.63) is 106 Å². The van der Waals surface area contributed by atoms with Crippen LogP contribution >= 0.6 is 0 Å². The summed E-state index contributed by atoms with van der Waals surface area (Å²) in [5, 5.41) is 2.73. The lowest BCUT2D eigenvalue weighted by atomic mass is 9.35. The van der Waals surface area contributed by atoms with Gasteiger partial charge in [0.1, 0.15) is 0 Å². The van der Waals surface area contributed by atoms with E-state index in [2.05, 4.69) is 102 Å². The van der Waals surface area contributed by atoms with Gasteiger partial charge in [0.05, 0.1) is 0 Å². The number of rotatable bonds is 2. The van der Waals surface area contributed by atoms with E-state index in [0.29, 0.717) is 0 Å². The maximum atomic E-state index is 18.0. The van der Waals surface area contributed by atoms with E-state index in [9.17, 15) is 0 Å². The average molecular weight is 448 g/mol. The normalized spacial score (nSPS) is 14.1. The largest absolute Gasteiger partial charge is 0.338 e. The van der Waals surface area contributed by atoms with E-state index >= 15 is 4.11 Å². The van der Waals surface area contributed by atoms with Gasteiger partial charge in [0.2, 0.25) is 6.71 Å². The standard InChI is InChI=1S/C30H30BFSi/c1-19-15-21(3)29(22(4)16-19)31-25-11-7-9-13-27(25)33(32,28-14-10-8-12-26(28)31)30-23(5)17-20(2)18-24(30)6/h7-18H,1-6H3. The molecule has 0 unspecified atom stereocenters. The number of fused-ring (bicyclic) bond motifs is 2. The first-order valence-electron chi connectivity index (χ1n) is 11.8. The Morgan fingerprint density at radius 3 is 1.42 bits per heavy atom. The summed E-state index contributed by atoms with van der Waals surface area (Å²) in [6, 6.07) is 25.4. The van der Waals surface area contributed by atoms with Crippen molar-refractivity contribution < 1.29 is 4.11 Å². The van der Waals surface area contributed by atoms with Crippen LogP contribution in [0.4, 0.5) is 4.11 Å². The Balaban J connectivity index is 1.90. The van der Waals surface area contributed by atoms with Crippen LogP contribution in [-0.4, -0.2) is 15.1 Å². The van der Waals surface area contributed by atoms with E-state index in [4.69, 9.17) is 0 Å². The summed E-state index contributed by atoms with van der Waals surface area (Å²) < 4.78 is 18.0. The average Bonchev–Trinajstić information content (AvgIpc) is 2.75. The first-order chi connectivity index (χ1) is 15.7. The summed E-state index contributed by atoms with van der Waals surface area (Å²) in [6.07, 6.45) is 0. The van der Waals surface area contributed by atoms with Crippen LogP contribution in [-0.2, 0) is 0 Å². The van der Waals surface area contributed by atoms with Crippen LogP contribution in [0.25, 0.3) is 0 Å². The minimum atomic E-state index is -3.69. The number of hydrogen-bond acceptors (Lipinski definition) is 0. The van der Waals surface area contributed by atoms with Gasteiger partial charge in [-0.05, 0) is 68.2 Å². The fourth-order valence-electron chi connectivity index (χ4n) is 6.39. The molecule has 33 heavy (non-hydrogen) atoms. The predicted octanol–water partition coefficient (Wildman–Crippen LogP) is 3.30. The first-order valence-corrected chi connectivity index (χ1v) is 13.6. The summed E-state index contributed by atoms with van der Waals surface area (Å²) in [4.78, 5) is 0. The number of benzene rings is 4.